The summed E-state index contributed by atoms with van der Waals surface area (Å²) in [5, 5.41) is 2.65. The molecule has 2 aromatic carbocycles. The highest BCUT2D eigenvalue weighted by Gasteiger charge is 2.35. The van der Waals surface area contributed by atoms with Gasteiger partial charge in [0.05, 0.1) is 18.7 Å². The number of esters is 1. The van der Waals surface area contributed by atoms with Crippen molar-refractivity contribution in [3.63, 3.8) is 0 Å². The van der Waals surface area contributed by atoms with E-state index in [1.165, 1.54) is 6.07 Å². The fourth-order valence-corrected chi connectivity index (χ4v) is 4.07. The average Bonchev–Trinajstić information content (AvgIpc) is 3.41. The van der Waals surface area contributed by atoms with Crippen molar-refractivity contribution in [2.24, 2.45) is 5.92 Å². The van der Waals surface area contributed by atoms with E-state index in [4.69, 9.17) is 13.6 Å². The SMILES string of the molecule is O=C(OCc1cc(=O)oc2ccc3ccccc3c12)[C@@H]1CC(=O)N(Cc2ccco2)C1. The average molecular weight is 417 g/mol. The highest BCUT2D eigenvalue weighted by Crippen LogP contribution is 2.28. The van der Waals surface area contributed by atoms with Crippen LogP contribution in [0.25, 0.3) is 21.7 Å². The number of carbonyl (C=O) groups is 2. The van der Waals surface area contributed by atoms with Crippen LogP contribution in [0.15, 0.2) is 74.5 Å². The molecule has 0 unspecified atom stereocenters. The van der Waals surface area contributed by atoms with Crippen molar-refractivity contribution in [2.75, 3.05) is 6.54 Å². The minimum Gasteiger partial charge on any atom is -0.467 e. The van der Waals surface area contributed by atoms with E-state index in [1.54, 1.807) is 29.4 Å². The van der Waals surface area contributed by atoms with Crippen LogP contribution in [0.4, 0.5) is 0 Å². The Morgan fingerprint density at radius 3 is 2.81 bits per heavy atom. The molecular formula is C24H19NO6. The van der Waals surface area contributed by atoms with Crippen LogP contribution in [0.2, 0.25) is 0 Å². The molecule has 7 nitrogen and oxygen atoms in total. The number of carbonyl (C=O) groups excluding carboxylic acids is 2. The van der Waals surface area contributed by atoms with Crippen molar-refractivity contribution in [3.8, 4) is 0 Å². The Balaban J connectivity index is 1.35. The highest BCUT2D eigenvalue weighted by atomic mass is 16.5. The topological polar surface area (TPSA) is 90.0 Å². The normalized spacial score (nSPS) is 16.3. The summed E-state index contributed by atoms with van der Waals surface area (Å²) < 4.78 is 16.2. The van der Waals surface area contributed by atoms with Crippen LogP contribution in [-0.4, -0.2) is 23.3 Å². The third-order valence-corrected chi connectivity index (χ3v) is 5.56. The minimum atomic E-state index is -0.550. The van der Waals surface area contributed by atoms with E-state index < -0.39 is 17.5 Å². The molecule has 1 aliphatic heterocycles. The lowest BCUT2D eigenvalue weighted by molar-refractivity contribution is -0.149. The maximum atomic E-state index is 12.7. The van der Waals surface area contributed by atoms with E-state index in [0.717, 1.165) is 16.2 Å². The summed E-state index contributed by atoms with van der Waals surface area (Å²) >= 11 is 0. The van der Waals surface area contributed by atoms with Gasteiger partial charge < -0.3 is 18.5 Å². The van der Waals surface area contributed by atoms with Crippen LogP contribution in [0.5, 0.6) is 0 Å². The van der Waals surface area contributed by atoms with E-state index in [0.29, 0.717) is 23.5 Å². The molecule has 1 saturated heterocycles. The summed E-state index contributed by atoms with van der Waals surface area (Å²) in [7, 11) is 0. The fraction of sp³-hybridized carbons (Fsp3) is 0.208. The molecule has 0 spiro atoms. The largest absolute Gasteiger partial charge is 0.467 e. The zero-order valence-corrected chi connectivity index (χ0v) is 16.6. The number of nitrogens with zero attached hydrogens (tertiary/aromatic N) is 1. The van der Waals surface area contributed by atoms with E-state index in [1.807, 2.05) is 30.3 Å². The van der Waals surface area contributed by atoms with Gasteiger partial charge in [-0.05, 0) is 29.0 Å². The first kappa shape index (κ1) is 19.1. The second kappa shape index (κ2) is 7.75. The van der Waals surface area contributed by atoms with Crippen LogP contribution < -0.4 is 5.63 Å². The molecule has 2 aromatic heterocycles. The molecule has 1 aliphatic rings. The van der Waals surface area contributed by atoms with Gasteiger partial charge in [-0.25, -0.2) is 4.79 Å². The smallest absolute Gasteiger partial charge is 0.336 e. The molecule has 0 radical (unpaired) electrons. The minimum absolute atomic E-state index is 0.0716. The quantitative estimate of drug-likeness (QED) is 0.280. The molecule has 1 fully saturated rings. The predicted molar refractivity (Wildman–Crippen MR) is 112 cm³/mol. The van der Waals surface area contributed by atoms with Crippen LogP contribution in [-0.2, 0) is 27.5 Å². The van der Waals surface area contributed by atoms with Crippen molar-refractivity contribution in [1.82, 2.24) is 4.90 Å². The van der Waals surface area contributed by atoms with Crippen molar-refractivity contribution in [1.29, 1.82) is 0 Å². The molecular weight excluding hydrogens is 398 g/mol. The number of likely N-dealkylation sites (tertiary alicyclic amines) is 1. The monoisotopic (exact) mass is 417 g/mol. The summed E-state index contributed by atoms with van der Waals surface area (Å²) in [5.41, 5.74) is 0.514. The molecule has 0 saturated carbocycles. The number of furan rings is 1. The van der Waals surface area contributed by atoms with Gasteiger partial charge in [-0.3, -0.25) is 9.59 Å². The first-order valence-corrected chi connectivity index (χ1v) is 10.00. The molecule has 1 amide bonds. The van der Waals surface area contributed by atoms with Crippen LogP contribution in [0.3, 0.4) is 0 Å². The summed E-state index contributed by atoms with van der Waals surface area (Å²) in [5.74, 6) is -0.464. The van der Waals surface area contributed by atoms with Gasteiger partial charge in [0, 0.05) is 30.0 Å². The first-order valence-electron chi connectivity index (χ1n) is 10.00. The van der Waals surface area contributed by atoms with Crippen LogP contribution in [0, 0.1) is 5.92 Å². The number of ether oxygens (including phenoxy) is 1. The molecule has 7 heteroatoms. The Kier molecular flexibility index (Phi) is 4.78. The fourth-order valence-electron chi connectivity index (χ4n) is 4.07. The molecule has 5 rings (SSSR count). The number of fused-ring (bicyclic) bond motifs is 3. The summed E-state index contributed by atoms with van der Waals surface area (Å²) in [4.78, 5) is 38.5. The molecule has 3 heterocycles. The zero-order valence-electron chi connectivity index (χ0n) is 16.6. The van der Waals surface area contributed by atoms with Gasteiger partial charge >= 0.3 is 11.6 Å². The number of hydrogen-bond acceptors (Lipinski definition) is 6. The first-order chi connectivity index (χ1) is 15.1. The number of hydrogen-bond donors (Lipinski definition) is 0. The predicted octanol–water partition coefficient (Wildman–Crippen LogP) is 3.63. The second-order valence-corrected chi connectivity index (χ2v) is 7.61. The van der Waals surface area contributed by atoms with Crippen molar-refractivity contribution >= 4 is 33.6 Å². The van der Waals surface area contributed by atoms with Gasteiger partial charge in [0.15, 0.2) is 0 Å². The Morgan fingerprint density at radius 2 is 1.97 bits per heavy atom. The standard InChI is InChI=1S/C24H19NO6/c26-21-10-16(12-25(21)13-18-5-3-9-29-18)24(28)30-14-17-11-22(27)31-20-8-7-15-4-1-2-6-19(15)23(17)20/h1-9,11,16H,10,12-14H2/t16-/m1/s1. The Labute approximate surface area is 176 Å². The summed E-state index contributed by atoms with van der Waals surface area (Å²) in [6.45, 7) is 0.531. The van der Waals surface area contributed by atoms with Gasteiger partial charge in [0.2, 0.25) is 5.91 Å². The lowest BCUT2D eigenvalue weighted by Crippen LogP contribution is -2.26. The van der Waals surface area contributed by atoms with Gasteiger partial charge in [-0.1, -0.05) is 30.3 Å². The Morgan fingerprint density at radius 1 is 1.10 bits per heavy atom. The lowest BCUT2D eigenvalue weighted by Gasteiger charge is -2.15. The van der Waals surface area contributed by atoms with Crippen molar-refractivity contribution < 1.29 is 23.2 Å². The lowest BCUT2D eigenvalue weighted by atomic mass is 10.0. The van der Waals surface area contributed by atoms with E-state index in [9.17, 15) is 14.4 Å². The third-order valence-electron chi connectivity index (χ3n) is 5.56. The van der Waals surface area contributed by atoms with Crippen molar-refractivity contribution in [3.05, 3.63) is 82.6 Å². The van der Waals surface area contributed by atoms with Gasteiger partial charge in [0.25, 0.3) is 0 Å². The molecule has 0 bridgehead atoms. The molecule has 0 N–H and O–H groups in total. The zero-order chi connectivity index (χ0) is 21.4. The van der Waals surface area contributed by atoms with Crippen LogP contribution >= 0.6 is 0 Å². The second-order valence-electron chi connectivity index (χ2n) is 7.61. The summed E-state index contributed by atoms with van der Waals surface area (Å²) in [6.07, 6.45) is 1.65. The van der Waals surface area contributed by atoms with Crippen LogP contribution in [0.1, 0.15) is 17.7 Å². The molecule has 0 aliphatic carbocycles. The van der Waals surface area contributed by atoms with E-state index in [2.05, 4.69) is 0 Å². The number of rotatable bonds is 5. The molecule has 31 heavy (non-hydrogen) atoms. The maximum Gasteiger partial charge on any atom is 0.336 e. The number of benzene rings is 2. The summed E-state index contributed by atoms with van der Waals surface area (Å²) in [6, 6.07) is 16.3. The van der Waals surface area contributed by atoms with Gasteiger partial charge in [0.1, 0.15) is 18.0 Å². The Hall–Kier alpha value is -3.87. The maximum absolute atomic E-state index is 12.7. The number of amides is 1. The highest BCUT2D eigenvalue weighted by molar-refractivity contribution is 6.07. The Bertz CT molecular complexity index is 1340. The van der Waals surface area contributed by atoms with Gasteiger partial charge in [-0.15, -0.1) is 0 Å². The van der Waals surface area contributed by atoms with E-state index >= 15 is 0 Å². The molecule has 156 valence electrons. The van der Waals surface area contributed by atoms with Crippen molar-refractivity contribution in [2.45, 2.75) is 19.6 Å². The third kappa shape index (κ3) is 3.70. The molecule has 1 atom stereocenters. The van der Waals surface area contributed by atoms with Gasteiger partial charge in [-0.2, -0.15) is 0 Å². The van der Waals surface area contributed by atoms with E-state index in [-0.39, 0.29) is 25.5 Å². The molecule has 4 aromatic rings.